The van der Waals surface area contributed by atoms with Crippen molar-refractivity contribution in [3.63, 3.8) is 0 Å². The Hall–Kier alpha value is -1.47. The highest BCUT2D eigenvalue weighted by atomic mass is 16.5. The van der Waals surface area contributed by atoms with E-state index in [0.717, 1.165) is 31.0 Å². The van der Waals surface area contributed by atoms with Crippen LogP contribution in [0.25, 0.3) is 0 Å². The molecule has 0 spiro atoms. The summed E-state index contributed by atoms with van der Waals surface area (Å²) in [4.78, 5) is 14.4. The third-order valence-corrected chi connectivity index (χ3v) is 4.67. The normalized spacial score (nSPS) is 23.0. The van der Waals surface area contributed by atoms with Gasteiger partial charge in [-0.15, -0.1) is 10.2 Å². The molecule has 0 saturated carbocycles. The second-order valence-corrected chi connectivity index (χ2v) is 6.80. The number of aryl methyl sites for hydroxylation is 1. The first-order chi connectivity index (χ1) is 11.1. The summed E-state index contributed by atoms with van der Waals surface area (Å²) < 4.78 is 7.53. The molecule has 1 aromatic rings. The van der Waals surface area contributed by atoms with E-state index < -0.39 is 0 Å². The molecular formula is C16H27N5O2. The first-order valence-electron chi connectivity index (χ1n) is 8.60. The third kappa shape index (κ3) is 3.55. The molecule has 1 aromatic heterocycles. The molecule has 0 radical (unpaired) electrons. The summed E-state index contributed by atoms with van der Waals surface area (Å²) in [5.74, 6) is 2.65. The number of morpholine rings is 1. The molecule has 7 nitrogen and oxygen atoms in total. The average Bonchev–Trinajstić information content (AvgIpc) is 2.98. The maximum Gasteiger partial charge on any atom is 0.239 e. The highest BCUT2D eigenvalue weighted by Crippen LogP contribution is 2.20. The first kappa shape index (κ1) is 16.4. The minimum Gasteiger partial charge on any atom is -0.378 e. The van der Waals surface area contributed by atoms with Crippen LogP contribution in [0.4, 0.5) is 0 Å². The number of carbonyl (C=O) groups is 1. The number of hydrogen-bond donors (Lipinski definition) is 1. The number of nitrogens with zero attached hydrogens (tertiary/aromatic N) is 4. The Kier molecular flexibility index (Phi) is 4.96. The van der Waals surface area contributed by atoms with Crippen LogP contribution in [0.15, 0.2) is 0 Å². The van der Waals surface area contributed by atoms with Gasteiger partial charge in [-0.25, -0.2) is 0 Å². The van der Waals surface area contributed by atoms with E-state index in [4.69, 9.17) is 4.74 Å². The number of fused-ring (bicyclic) bond motifs is 1. The van der Waals surface area contributed by atoms with Crippen molar-refractivity contribution < 1.29 is 9.53 Å². The Morgan fingerprint density at radius 1 is 1.26 bits per heavy atom. The van der Waals surface area contributed by atoms with Crippen molar-refractivity contribution in [2.24, 2.45) is 0 Å². The summed E-state index contributed by atoms with van der Waals surface area (Å²) in [7, 11) is 0. The lowest BCUT2D eigenvalue weighted by Gasteiger charge is -2.32. The number of hydrogen-bond acceptors (Lipinski definition) is 5. The Labute approximate surface area is 137 Å². The minimum absolute atomic E-state index is 0.168. The van der Waals surface area contributed by atoms with Gasteiger partial charge in [0.25, 0.3) is 0 Å². The van der Waals surface area contributed by atoms with Crippen LogP contribution in [0.1, 0.15) is 44.8 Å². The van der Waals surface area contributed by atoms with Crippen molar-refractivity contribution in [2.45, 2.75) is 58.2 Å². The molecule has 2 atom stereocenters. The SMILES string of the molecule is CC(C)c1nnc2n1C[C@H](N[C@H](C)C(=O)N1CCOCC1)CC2. The van der Waals surface area contributed by atoms with Crippen molar-refractivity contribution in [2.75, 3.05) is 26.3 Å². The molecule has 23 heavy (non-hydrogen) atoms. The van der Waals surface area contributed by atoms with Crippen LogP contribution in [0.5, 0.6) is 0 Å². The zero-order chi connectivity index (χ0) is 16.4. The molecule has 0 aromatic carbocycles. The van der Waals surface area contributed by atoms with Gasteiger partial charge >= 0.3 is 0 Å². The molecule has 0 aliphatic carbocycles. The van der Waals surface area contributed by atoms with E-state index in [1.54, 1.807) is 0 Å². The van der Waals surface area contributed by atoms with E-state index >= 15 is 0 Å². The number of amides is 1. The lowest BCUT2D eigenvalue weighted by Crippen LogP contribution is -2.52. The first-order valence-corrected chi connectivity index (χ1v) is 8.60. The van der Waals surface area contributed by atoms with Gasteiger partial charge in [-0.05, 0) is 13.3 Å². The summed E-state index contributed by atoms with van der Waals surface area (Å²) in [6, 6.07) is 0.120. The molecule has 7 heteroatoms. The highest BCUT2D eigenvalue weighted by Gasteiger charge is 2.28. The Bertz CT molecular complexity index is 551. The number of aromatic nitrogens is 3. The molecule has 1 N–H and O–H groups in total. The van der Waals surface area contributed by atoms with E-state index in [2.05, 4.69) is 33.9 Å². The summed E-state index contributed by atoms with van der Waals surface area (Å²) in [5.41, 5.74) is 0. The lowest BCUT2D eigenvalue weighted by atomic mass is 10.0. The van der Waals surface area contributed by atoms with Crippen molar-refractivity contribution >= 4 is 5.91 Å². The van der Waals surface area contributed by atoms with Crippen LogP contribution in [0.3, 0.4) is 0 Å². The molecular weight excluding hydrogens is 294 g/mol. The molecule has 1 saturated heterocycles. The van der Waals surface area contributed by atoms with E-state index in [9.17, 15) is 4.79 Å². The Balaban J connectivity index is 1.60. The standard InChI is InChI=1S/C16H27N5O2/c1-11(2)15-19-18-14-5-4-13(10-21(14)15)17-12(3)16(22)20-6-8-23-9-7-20/h11-13,17H,4-10H2,1-3H3/t12-,13-/m1/s1. The van der Waals surface area contributed by atoms with Crippen molar-refractivity contribution in [3.05, 3.63) is 11.6 Å². The molecule has 0 bridgehead atoms. The maximum atomic E-state index is 12.5. The smallest absolute Gasteiger partial charge is 0.239 e. The van der Waals surface area contributed by atoms with E-state index in [1.165, 1.54) is 0 Å². The Morgan fingerprint density at radius 2 is 2.00 bits per heavy atom. The van der Waals surface area contributed by atoms with E-state index in [0.29, 0.717) is 32.2 Å². The lowest BCUT2D eigenvalue weighted by molar-refractivity contribution is -0.137. The fourth-order valence-electron chi connectivity index (χ4n) is 3.39. The van der Waals surface area contributed by atoms with Gasteiger partial charge in [-0.2, -0.15) is 0 Å². The summed E-state index contributed by atoms with van der Waals surface area (Å²) in [5, 5.41) is 12.1. The molecule has 3 rings (SSSR count). The van der Waals surface area contributed by atoms with Crippen LogP contribution in [0, 0.1) is 0 Å². The van der Waals surface area contributed by atoms with Crippen molar-refractivity contribution in [3.8, 4) is 0 Å². The van der Waals surface area contributed by atoms with Gasteiger partial charge in [0.1, 0.15) is 11.6 Å². The fraction of sp³-hybridized carbons (Fsp3) is 0.812. The number of carbonyl (C=O) groups excluding carboxylic acids is 1. The summed E-state index contributed by atoms with van der Waals surface area (Å²) in [6.07, 6.45) is 1.91. The predicted molar refractivity (Wildman–Crippen MR) is 86.2 cm³/mol. The molecule has 128 valence electrons. The average molecular weight is 321 g/mol. The zero-order valence-corrected chi connectivity index (χ0v) is 14.3. The van der Waals surface area contributed by atoms with Crippen LogP contribution in [-0.2, 0) is 22.5 Å². The highest BCUT2D eigenvalue weighted by molar-refractivity contribution is 5.81. The van der Waals surface area contributed by atoms with Gasteiger partial charge in [-0.3, -0.25) is 4.79 Å². The Morgan fingerprint density at radius 3 is 2.70 bits per heavy atom. The van der Waals surface area contributed by atoms with Gasteiger partial charge in [0.2, 0.25) is 5.91 Å². The third-order valence-electron chi connectivity index (χ3n) is 4.67. The summed E-state index contributed by atoms with van der Waals surface area (Å²) in [6.45, 7) is 9.76. The molecule has 0 unspecified atom stereocenters. The minimum atomic E-state index is -0.168. The van der Waals surface area contributed by atoms with E-state index in [-0.39, 0.29) is 18.0 Å². The molecule has 1 amide bonds. The monoisotopic (exact) mass is 321 g/mol. The molecule has 3 heterocycles. The summed E-state index contributed by atoms with van der Waals surface area (Å²) >= 11 is 0. The zero-order valence-electron chi connectivity index (χ0n) is 14.3. The second-order valence-electron chi connectivity index (χ2n) is 6.80. The van der Waals surface area contributed by atoms with Gasteiger partial charge in [0.15, 0.2) is 0 Å². The van der Waals surface area contributed by atoms with Gasteiger partial charge < -0.3 is 19.5 Å². The van der Waals surface area contributed by atoms with Gasteiger partial charge in [0.05, 0.1) is 19.3 Å². The van der Waals surface area contributed by atoms with Crippen molar-refractivity contribution in [1.82, 2.24) is 25.0 Å². The predicted octanol–water partition coefficient (Wildman–Crippen LogP) is 0.553. The maximum absolute atomic E-state index is 12.5. The largest absolute Gasteiger partial charge is 0.378 e. The molecule has 2 aliphatic rings. The topological polar surface area (TPSA) is 72.3 Å². The van der Waals surface area contributed by atoms with Crippen LogP contribution in [0.2, 0.25) is 0 Å². The molecule has 2 aliphatic heterocycles. The number of ether oxygens (including phenoxy) is 1. The number of nitrogens with one attached hydrogen (secondary N) is 1. The van der Waals surface area contributed by atoms with Gasteiger partial charge in [-0.1, -0.05) is 13.8 Å². The van der Waals surface area contributed by atoms with Crippen LogP contribution in [-0.4, -0.2) is 64.0 Å². The van der Waals surface area contributed by atoms with Crippen molar-refractivity contribution in [1.29, 1.82) is 0 Å². The number of rotatable bonds is 4. The van der Waals surface area contributed by atoms with Crippen LogP contribution >= 0.6 is 0 Å². The second kappa shape index (κ2) is 6.97. The quantitative estimate of drug-likeness (QED) is 0.877. The fourth-order valence-corrected chi connectivity index (χ4v) is 3.39. The van der Waals surface area contributed by atoms with Crippen LogP contribution < -0.4 is 5.32 Å². The molecule has 1 fully saturated rings. The van der Waals surface area contributed by atoms with Gasteiger partial charge in [0, 0.05) is 38.0 Å². The van der Waals surface area contributed by atoms with E-state index in [1.807, 2.05) is 11.8 Å².